The molecule has 0 atom stereocenters. The van der Waals surface area contributed by atoms with Crippen molar-refractivity contribution in [1.82, 2.24) is 14.7 Å². The predicted octanol–water partition coefficient (Wildman–Crippen LogP) is 5.13. The fourth-order valence-corrected chi connectivity index (χ4v) is 4.00. The van der Waals surface area contributed by atoms with E-state index in [4.69, 9.17) is 14.6 Å². The lowest BCUT2D eigenvalue weighted by Crippen LogP contribution is -2.33. The molecule has 32 heavy (non-hydrogen) atoms. The number of aromatic nitrogens is 2. The molecule has 2 aliphatic rings. The number of benzene rings is 2. The van der Waals surface area contributed by atoms with Crippen molar-refractivity contribution >= 4 is 5.91 Å². The van der Waals surface area contributed by atoms with E-state index in [1.54, 1.807) is 7.11 Å². The van der Waals surface area contributed by atoms with Crippen LogP contribution in [0.4, 0.5) is 0 Å². The van der Waals surface area contributed by atoms with Crippen molar-refractivity contribution in [3.63, 3.8) is 0 Å². The Morgan fingerprint density at radius 3 is 2.38 bits per heavy atom. The summed E-state index contributed by atoms with van der Waals surface area (Å²) in [6, 6.07) is 17.5. The molecule has 2 aliphatic carbocycles. The van der Waals surface area contributed by atoms with E-state index in [1.807, 2.05) is 71.1 Å². The van der Waals surface area contributed by atoms with Crippen LogP contribution in [0, 0.1) is 18.8 Å². The van der Waals surface area contributed by atoms with Gasteiger partial charge in [0.15, 0.2) is 11.5 Å². The highest BCUT2D eigenvalue weighted by molar-refractivity contribution is 5.81. The molecule has 2 aromatic carbocycles. The smallest absolute Gasteiger partial charge is 0.228 e. The Morgan fingerprint density at radius 2 is 1.72 bits per heavy atom. The Morgan fingerprint density at radius 1 is 1.03 bits per heavy atom. The summed E-state index contributed by atoms with van der Waals surface area (Å²) in [5.41, 5.74) is 2.71. The van der Waals surface area contributed by atoms with Crippen molar-refractivity contribution in [2.24, 2.45) is 11.8 Å². The average molecular weight is 432 g/mol. The molecule has 3 aromatic rings. The minimum Gasteiger partial charge on any atom is -0.493 e. The molecule has 1 heterocycles. The SMILES string of the molecule is COc1ccccc1Oc1c(CN(CC2CC2)C(=O)C2CC2)c(C)nn1-c1ccccc1. The largest absolute Gasteiger partial charge is 0.493 e. The molecule has 0 radical (unpaired) electrons. The molecule has 0 spiro atoms. The van der Waals surface area contributed by atoms with Gasteiger partial charge in [0.05, 0.1) is 30.6 Å². The van der Waals surface area contributed by atoms with E-state index in [-0.39, 0.29) is 11.8 Å². The monoisotopic (exact) mass is 431 g/mol. The third-order valence-electron chi connectivity index (χ3n) is 6.18. The lowest BCUT2D eigenvalue weighted by Gasteiger charge is -2.23. The maximum atomic E-state index is 13.1. The second-order valence-corrected chi connectivity index (χ2v) is 8.81. The molecule has 0 unspecified atom stereocenters. The Bertz CT molecular complexity index is 1100. The van der Waals surface area contributed by atoms with Crippen LogP contribution in [0.25, 0.3) is 5.69 Å². The molecule has 6 heteroatoms. The summed E-state index contributed by atoms with van der Waals surface area (Å²) in [5.74, 6) is 2.99. The van der Waals surface area contributed by atoms with E-state index in [0.29, 0.717) is 29.8 Å². The van der Waals surface area contributed by atoms with E-state index >= 15 is 0 Å². The zero-order chi connectivity index (χ0) is 22.1. The molecule has 0 N–H and O–H groups in total. The summed E-state index contributed by atoms with van der Waals surface area (Å²) >= 11 is 0. The maximum Gasteiger partial charge on any atom is 0.228 e. The van der Waals surface area contributed by atoms with Gasteiger partial charge in [-0.1, -0.05) is 30.3 Å². The van der Waals surface area contributed by atoms with Crippen LogP contribution >= 0.6 is 0 Å². The molecule has 0 bridgehead atoms. The lowest BCUT2D eigenvalue weighted by molar-refractivity contribution is -0.133. The van der Waals surface area contributed by atoms with Crippen LogP contribution in [-0.2, 0) is 11.3 Å². The second-order valence-electron chi connectivity index (χ2n) is 8.81. The van der Waals surface area contributed by atoms with Gasteiger partial charge in [-0.3, -0.25) is 4.79 Å². The van der Waals surface area contributed by atoms with E-state index in [2.05, 4.69) is 0 Å². The third kappa shape index (κ3) is 4.35. The van der Waals surface area contributed by atoms with Gasteiger partial charge >= 0.3 is 0 Å². The van der Waals surface area contributed by atoms with Gasteiger partial charge in [-0.15, -0.1) is 0 Å². The summed E-state index contributed by atoms with van der Waals surface area (Å²) in [4.78, 5) is 15.1. The Hall–Kier alpha value is -3.28. The van der Waals surface area contributed by atoms with Gasteiger partial charge in [-0.05, 0) is 62.8 Å². The number of para-hydroxylation sites is 3. The number of amides is 1. The Balaban J connectivity index is 1.54. The molecular formula is C26H29N3O3. The summed E-state index contributed by atoms with van der Waals surface area (Å²) in [6.07, 6.45) is 4.43. The van der Waals surface area contributed by atoms with Crippen LogP contribution in [0.15, 0.2) is 54.6 Å². The van der Waals surface area contributed by atoms with Crippen molar-refractivity contribution in [2.45, 2.75) is 39.2 Å². The first kappa shape index (κ1) is 20.6. The lowest BCUT2D eigenvalue weighted by atomic mass is 10.2. The first-order valence-electron chi connectivity index (χ1n) is 11.4. The molecule has 2 fully saturated rings. The molecule has 6 nitrogen and oxygen atoms in total. The molecule has 5 rings (SSSR count). The van der Waals surface area contributed by atoms with Crippen LogP contribution in [0.3, 0.4) is 0 Å². The highest BCUT2D eigenvalue weighted by Crippen LogP contribution is 2.39. The highest BCUT2D eigenvalue weighted by Gasteiger charge is 2.37. The van der Waals surface area contributed by atoms with Gasteiger partial charge in [0, 0.05) is 12.5 Å². The topological polar surface area (TPSA) is 56.6 Å². The fraction of sp³-hybridized carbons (Fsp3) is 0.385. The van der Waals surface area contributed by atoms with Crippen LogP contribution in [-0.4, -0.2) is 34.2 Å². The summed E-state index contributed by atoms with van der Waals surface area (Å²) < 4.78 is 13.8. The molecule has 166 valence electrons. The van der Waals surface area contributed by atoms with Gasteiger partial charge in [-0.2, -0.15) is 5.10 Å². The number of carbonyl (C=O) groups is 1. The van der Waals surface area contributed by atoms with Crippen molar-refractivity contribution in [3.05, 3.63) is 65.9 Å². The van der Waals surface area contributed by atoms with Crippen molar-refractivity contribution in [3.8, 4) is 23.1 Å². The number of aryl methyl sites for hydroxylation is 1. The van der Waals surface area contributed by atoms with Gasteiger partial charge in [0.1, 0.15) is 0 Å². The van der Waals surface area contributed by atoms with Crippen LogP contribution in [0.1, 0.15) is 36.9 Å². The molecule has 1 amide bonds. The van der Waals surface area contributed by atoms with Crippen molar-refractivity contribution in [1.29, 1.82) is 0 Å². The number of rotatable bonds is 9. The molecule has 0 aliphatic heterocycles. The quantitative estimate of drug-likeness (QED) is 0.471. The van der Waals surface area contributed by atoms with E-state index in [9.17, 15) is 4.79 Å². The Labute approximate surface area is 188 Å². The number of hydrogen-bond acceptors (Lipinski definition) is 4. The zero-order valence-electron chi connectivity index (χ0n) is 18.7. The third-order valence-corrected chi connectivity index (χ3v) is 6.18. The van der Waals surface area contributed by atoms with Crippen LogP contribution in [0.2, 0.25) is 0 Å². The number of ether oxygens (including phenoxy) is 2. The van der Waals surface area contributed by atoms with Gasteiger partial charge < -0.3 is 14.4 Å². The normalized spacial score (nSPS) is 15.4. The van der Waals surface area contributed by atoms with Gasteiger partial charge in [0.2, 0.25) is 11.8 Å². The fourth-order valence-electron chi connectivity index (χ4n) is 4.00. The molecule has 2 saturated carbocycles. The number of methoxy groups -OCH3 is 1. The first-order chi connectivity index (χ1) is 15.6. The minimum atomic E-state index is 0.191. The summed E-state index contributed by atoms with van der Waals surface area (Å²) in [5, 5.41) is 4.81. The number of nitrogens with zero attached hydrogens (tertiary/aromatic N) is 3. The van der Waals surface area contributed by atoms with Crippen molar-refractivity contribution in [2.75, 3.05) is 13.7 Å². The molecular weight excluding hydrogens is 402 g/mol. The Kier molecular flexibility index (Phi) is 5.60. The minimum absolute atomic E-state index is 0.191. The standard InChI is InChI=1S/C26H29N3O3/c1-18-22(17-28(16-19-12-13-19)25(30)20-14-15-20)26(29(27-18)21-8-4-3-5-9-21)32-24-11-7-6-10-23(24)31-2/h3-11,19-20H,12-17H2,1-2H3. The van der Waals surface area contributed by atoms with Gasteiger partial charge in [-0.25, -0.2) is 4.68 Å². The number of carbonyl (C=O) groups excluding carboxylic acids is 1. The van der Waals surface area contributed by atoms with E-state index in [0.717, 1.165) is 36.3 Å². The van der Waals surface area contributed by atoms with Crippen LogP contribution < -0.4 is 9.47 Å². The van der Waals surface area contributed by atoms with Gasteiger partial charge in [0.25, 0.3) is 0 Å². The predicted molar refractivity (Wildman–Crippen MR) is 122 cm³/mol. The van der Waals surface area contributed by atoms with E-state index < -0.39 is 0 Å². The first-order valence-corrected chi connectivity index (χ1v) is 11.4. The maximum absolute atomic E-state index is 13.1. The average Bonchev–Trinajstić information content (AvgIpc) is 3.74. The second kappa shape index (κ2) is 8.69. The summed E-state index contributed by atoms with van der Waals surface area (Å²) in [7, 11) is 1.63. The number of hydrogen-bond donors (Lipinski definition) is 0. The molecule has 1 aromatic heterocycles. The van der Waals surface area contributed by atoms with E-state index in [1.165, 1.54) is 12.8 Å². The molecule has 0 saturated heterocycles. The summed E-state index contributed by atoms with van der Waals surface area (Å²) in [6.45, 7) is 3.31. The van der Waals surface area contributed by atoms with Crippen LogP contribution in [0.5, 0.6) is 17.4 Å². The zero-order valence-corrected chi connectivity index (χ0v) is 18.7. The highest BCUT2D eigenvalue weighted by atomic mass is 16.5. The van der Waals surface area contributed by atoms with Crippen molar-refractivity contribution < 1.29 is 14.3 Å².